The lowest BCUT2D eigenvalue weighted by atomic mass is 10.2. The quantitative estimate of drug-likeness (QED) is 0.916. The van der Waals surface area contributed by atoms with Crippen LogP contribution in [-0.2, 0) is 21.2 Å². The molecule has 0 spiro atoms. The van der Waals surface area contributed by atoms with Crippen molar-refractivity contribution in [2.24, 2.45) is 5.92 Å². The van der Waals surface area contributed by atoms with Gasteiger partial charge in [0.2, 0.25) is 15.9 Å². The molecule has 0 fully saturated rings. The van der Waals surface area contributed by atoms with E-state index in [4.69, 9.17) is 0 Å². The Hall–Kier alpha value is -1.40. The third-order valence-corrected chi connectivity index (χ3v) is 4.74. The minimum atomic E-state index is -3.47. The van der Waals surface area contributed by atoms with Crippen LogP contribution in [0.5, 0.6) is 0 Å². The highest BCUT2D eigenvalue weighted by molar-refractivity contribution is 7.89. The Kier molecular flexibility index (Phi) is 4.15. The van der Waals surface area contributed by atoms with Gasteiger partial charge in [0, 0.05) is 25.7 Å². The van der Waals surface area contributed by atoms with Crippen molar-refractivity contribution in [3.63, 3.8) is 0 Å². The first kappa shape index (κ1) is 15.0. The third kappa shape index (κ3) is 3.02. The van der Waals surface area contributed by atoms with Crippen LogP contribution in [0.2, 0.25) is 0 Å². The van der Waals surface area contributed by atoms with Crippen LogP contribution in [0.15, 0.2) is 23.1 Å². The summed E-state index contributed by atoms with van der Waals surface area (Å²) in [5.41, 5.74) is 1.73. The molecule has 1 aromatic carbocycles. The Bertz CT molecular complexity index is 623. The van der Waals surface area contributed by atoms with E-state index in [2.05, 4.69) is 4.72 Å². The van der Waals surface area contributed by atoms with E-state index in [1.807, 2.05) is 13.8 Å². The average Bonchev–Trinajstić information content (AvgIpc) is 2.79. The zero-order chi connectivity index (χ0) is 14.9. The molecule has 2 rings (SSSR count). The molecule has 5 nitrogen and oxygen atoms in total. The number of anilines is 1. The number of sulfonamides is 1. The zero-order valence-electron chi connectivity index (χ0n) is 12.0. The molecule has 110 valence electrons. The van der Waals surface area contributed by atoms with Crippen LogP contribution < -0.4 is 9.62 Å². The van der Waals surface area contributed by atoms with Gasteiger partial charge < -0.3 is 4.90 Å². The fourth-order valence-corrected chi connectivity index (χ4v) is 3.50. The number of hydrogen-bond donors (Lipinski definition) is 1. The largest absolute Gasteiger partial charge is 0.312 e. The number of nitrogens with zero attached hydrogens (tertiary/aromatic N) is 1. The first-order valence-electron chi connectivity index (χ1n) is 6.72. The van der Waals surface area contributed by atoms with E-state index < -0.39 is 10.0 Å². The highest BCUT2D eigenvalue weighted by Crippen LogP contribution is 2.30. The van der Waals surface area contributed by atoms with E-state index in [0.29, 0.717) is 19.5 Å². The summed E-state index contributed by atoms with van der Waals surface area (Å²) < 4.78 is 26.9. The van der Waals surface area contributed by atoms with Crippen molar-refractivity contribution in [3.8, 4) is 0 Å². The molecule has 1 aliphatic heterocycles. The molecule has 0 unspecified atom stereocenters. The van der Waals surface area contributed by atoms with Crippen LogP contribution in [0.1, 0.15) is 26.3 Å². The molecule has 0 aromatic heterocycles. The summed E-state index contributed by atoms with van der Waals surface area (Å²) >= 11 is 0. The third-order valence-electron chi connectivity index (χ3n) is 3.32. The van der Waals surface area contributed by atoms with Gasteiger partial charge in [-0.2, -0.15) is 0 Å². The van der Waals surface area contributed by atoms with Gasteiger partial charge in [0.25, 0.3) is 0 Å². The highest BCUT2D eigenvalue weighted by Gasteiger charge is 2.24. The van der Waals surface area contributed by atoms with E-state index >= 15 is 0 Å². The van der Waals surface area contributed by atoms with E-state index in [1.54, 1.807) is 23.1 Å². The second-order valence-corrected chi connectivity index (χ2v) is 7.22. The number of benzene rings is 1. The fraction of sp³-hybridized carbons (Fsp3) is 0.500. The molecule has 0 aliphatic carbocycles. The Morgan fingerprint density at radius 3 is 2.70 bits per heavy atom. The lowest BCUT2D eigenvalue weighted by molar-refractivity contribution is -0.116. The number of carbonyl (C=O) groups is 1. The monoisotopic (exact) mass is 296 g/mol. The summed E-state index contributed by atoms with van der Waals surface area (Å²) in [6.45, 7) is 6.46. The SMILES string of the molecule is CC(=O)N1CCc2cc(S(=O)(=O)NCC(C)C)ccc21. The normalized spacial score (nSPS) is 14.7. The van der Waals surface area contributed by atoms with Gasteiger partial charge in [-0.25, -0.2) is 13.1 Å². The molecule has 0 radical (unpaired) electrons. The van der Waals surface area contributed by atoms with Crippen molar-refractivity contribution in [1.82, 2.24) is 4.72 Å². The summed E-state index contributed by atoms with van der Waals surface area (Å²) in [5, 5.41) is 0. The number of hydrogen-bond acceptors (Lipinski definition) is 3. The molecule has 1 aliphatic rings. The van der Waals surface area contributed by atoms with Crippen LogP contribution in [0, 0.1) is 5.92 Å². The lowest BCUT2D eigenvalue weighted by Crippen LogP contribution is -2.27. The number of fused-ring (bicyclic) bond motifs is 1. The number of rotatable bonds is 4. The summed E-state index contributed by atoms with van der Waals surface area (Å²) in [5.74, 6) is 0.240. The second kappa shape index (κ2) is 5.54. The maximum atomic E-state index is 12.2. The van der Waals surface area contributed by atoms with Gasteiger partial charge in [-0.1, -0.05) is 13.8 Å². The number of nitrogens with one attached hydrogen (secondary N) is 1. The molecule has 0 saturated carbocycles. The summed E-state index contributed by atoms with van der Waals surface area (Å²) in [6, 6.07) is 4.94. The molecule has 1 amide bonds. The van der Waals surface area contributed by atoms with Crippen LogP contribution in [0.3, 0.4) is 0 Å². The van der Waals surface area contributed by atoms with Crippen LogP contribution in [0.4, 0.5) is 5.69 Å². The van der Waals surface area contributed by atoms with E-state index in [-0.39, 0.29) is 16.7 Å². The Balaban J connectivity index is 2.27. The molecule has 0 saturated heterocycles. The summed E-state index contributed by atoms with van der Waals surface area (Å²) in [7, 11) is -3.47. The van der Waals surface area contributed by atoms with E-state index in [1.165, 1.54) is 6.92 Å². The standard InChI is InChI=1S/C14H20N2O3S/c1-10(2)9-15-20(18,19)13-4-5-14-12(8-13)6-7-16(14)11(3)17/h4-5,8,10,15H,6-7,9H2,1-3H3. The molecule has 1 heterocycles. The van der Waals surface area contributed by atoms with Gasteiger partial charge in [-0.3, -0.25) is 4.79 Å². The maximum absolute atomic E-state index is 12.2. The lowest BCUT2D eigenvalue weighted by Gasteiger charge is -2.15. The first-order valence-corrected chi connectivity index (χ1v) is 8.20. The predicted molar refractivity (Wildman–Crippen MR) is 78.2 cm³/mol. The van der Waals surface area contributed by atoms with Gasteiger partial charge in [0.05, 0.1) is 4.90 Å². The van der Waals surface area contributed by atoms with Crippen molar-refractivity contribution >= 4 is 21.6 Å². The fourth-order valence-electron chi connectivity index (χ4n) is 2.23. The van der Waals surface area contributed by atoms with Gasteiger partial charge >= 0.3 is 0 Å². The smallest absolute Gasteiger partial charge is 0.240 e. The van der Waals surface area contributed by atoms with E-state index in [9.17, 15) is 13.2 Å². The van der Waals surface area contributed by atoms with Crippen molar-refractivity contribution in [2.45, 2.75) is 32.1 Å². The molecule has 6 heteroatoms. The molecule has 20 heavy (non-hydrogen) atoms. The number of carbonyl (C=O) groups excluding carboxylic acids is 1. The minimum absolute atomic E-state index is 0.0164. The van der Waals surface area contributed by atoms with Crippen molar-refractivity contribution < 1.29 is 13.2 Å². The second-order valence-electron chi connectivity index (χ2n) is 5.46. The van der Waals surface area contributed by atoms with Gasteiger partial charge in [0.15, 0.2) is 0 Å². The topological polar surface area (TPSA) is 66.5 Å². The molecule has 0 bridgehead atoms. The summed E-state index contributed by atoms with van der Waals surface area (Å²) in [4.78, 5) is 13.4. The molecular weight excluding hydrogens is 276 g/mol. The van der Waals surface area contributed by atoms with Gasteiger partial charge in [-0.15, -0.1) is 0 Å². The molecule has 1 aromatic rings. The van der Waals surface area contributed by atoms with Crippen LogP contribution >= 0.6 is 0 Å². The number of amides is 1. The highest BCUT2D eigenvalue weighted by atomic mass is 32.2. The predicted octanol–water partition coefficient (Wildman–Crippen LogP) is 1.53. The molecule has 1 N–H and O–H groups in total. The zero-order valence-corrected chi connectivity index (χ0v) is 12.8. The van der Waals surface area contributed by atoms with Crippen LogP contribution in [-0.4, -0.2) is 27.4 Å². The Morgan fingerprint density at radius 1 is 1.40 bits per heavy atom. The Labute approximate surface area is 120 Å². The molecule has 0 atom stereocenters. The van der Waals surface area contributed by atoms with Crippen molar-refractivity contribution in [2.75, 3.05) is 18.0 Å². The first-order chi connectivity index (χ1) is 9.31. The minimum Gasteiger partial charge on any atom is -0.312 e. The van der Waals surface area contributed by atoms with Gasteiger partial charge in [-0.05, 0) is 36.1 Å². The molecular formula is C14H20N2O3S. The Morgan fingerprint density at radius 2 is 2.10 bits per heavy atom. The maximum Gasteiger partial charge on any atom is 0.240 e. The average molecular weight is 296 g/mol. The van der Waals surface area contributed by atoms with Crippen molar-refractivity contribution in [1.29, 1.82) is 0 Å². The van der Waals surface area contributed by atoms with Crippen LogP contribution in [0.25, 0.3) is 0 Å². The summed E-state index contributed by atoms with van der Waals surface area (Å²) in [6.07, 6.45) is 0.697. The van der Waals surface area contributed by atoms with Gasteiger partial charge in [0.1, 0.15) is 0 Å². The van der Waals surface area contributed by atoms with E-state index in [0.717, 1.165) is 11.3 Å². The van der Waals surface area contributed by atoms with Crippen molar-refractivity contribution in [3.05, 3.63) is 23.8 Å².